The number of aryl methyl sites for hydroxylation is 2. The number of nitrogens with zero attached hydrogens (tertiary/aromatic N) is 2. The predicted octanol–water partition coefficient (Wildman–Crippen LogP) is 2.29. The quantitative estimate of drug-likeness (QED) is 0.486. The maximum Gasteiger partial charge on any atom is 0.329 e. The summed E-state index contributed by atoms with van der Waals surface area (Å²) >= 11 is 0. The van der Waals surface area contributed by atoms with E-state index in [4.69, 9.17) is 4.74 Å². The second-order valence-electron chi connectivity index (χ2n) is 7.92. The number of hydrogen-bond acceptors (Lipinski definition) is 5. The molecule has 0 bridgehead atoms. The van der Waals surface area contributed by atoms with Gasteiger partial charge in [0.1, 0.15) is 0 Å². The number of hydrogen-bond donors (Lipinski definition) is 2. The Morgan fingerprint density at radius 2 is 1.67 bits per heavy atom. The van der Waals surface area contributed by atoms with Crippen LogP contribution >= 0.6 is 0 Å². The number of fused-ring (bicyclic) bond motifs is 1. The molecular weight excluding hydrogens is 424 g/mol. The molecule has 2 N–H and O–H groups in total. The fourth-order valence-corrected chi connectivity index (χ4v) is 3.68. The molecule has 9 nitrogen and oxygen atoms in total. The van der Waals surface area contributed by atoms with Crippen molar-refractivity contribution >= 4 is 34.5 Å². The summed E-state index contributed by atoms with van der Waals surface area (Å²) in [6.45, 7) is 2.08. The van der Waals surface area contributed by atoms with E-state index in [1.54, 1.807) is 28.8 Å². The van der Waals surface area contributed by atoms with Gasteiger partial charge in [-0.05, 0) is 44.0 Å². The molecule has 3 aromatic rings. The van der Waals surface area contributed by atoms with E-state index in [1.807, 2.05) is 31.2 Å². The number of anilines is 1. The number of benzene rings is 2. The van der Waals surface area contributed by atoms with Crippen LogP contribution in [0.2, 0.25) is 0 Å². The lowest BCUT2D eigenvalue weighted by atomic mass is 10.1. The third-order valence-electron chi connectivity index (χ3n) is 5.50. The van der Waals surface area contributed by atoms with Gasteiger partial charge >= 0.3 is 11.7 Å². The molecule has 2 aromatic carbocycles. The van der Waals surface area contributed by atoms with Crippen molar-refractivity contribution in [1.82, 2.24) is 14.5 Å². The van der Waals surface area contributed by atoms with Crippen molar-refractivity contribution in [2.24, 2.45) is 0 Å². The maximum atomic E-state index is 12.6. The number of carbonyl (C=O) groups excluding carboxylic acids is 3. The fourth-order valence-electron chi connectivity index (χ4n) is 3.68. The molecule has 1 aliphatic rings. The maximum absolute atomic E-state index is 12.6. The first-order valence-electron chi connectivity index (χ1n) is 11.0. The standard InChI is InChI=1S/C24H26N4O5/c1-2-27-19-9-5-6-10-20(19)28(24(27)32)14-13-22(30)33-15-21(29)26-18-8-4-3-7-17(18)23(31)25-16-11-12-16/h3-10,16H,2,11-15H2,1H3,(H,25,31)(H,26,29). The summed E-state index contributed by atoms with van der Waals surface area (Å²) in [5.74, 6) is -1.39. The molecule has 33 heavy (non-hydrogen) atoms. The molecule has 0 spiro atoms. The van der Waals surface area contributed by atoms with E-state index in [9.17, 15) is 19.2 Å². The van der Waals surface area contributed by atoms with Crippen LogP contribution in [-0.4, -0.2) is 39.6 Å². The van der Waals surface area contributed by atoms with Crippen LogP contribution in [-0.2, 0) is 27.4 Å². The number of esters is 1. The molecule has 1 aromatic heterocycles. The molecule has 1 saturated carbocycles. The molecule has 0 saturated heterocycles. The summed E-state index contributed by atoms with van der Waals surface area (Å²) in [6.07, 6.45) is 1.87. The molecule has 172 valence electrons. The third-order valence-corrected chi connectivity index (χ3v) is 5.50. The van der Waals surface area contributed by atoms with Crippen LogP contribution in [0.5, 0.6) is 0 Å². The number of para-hydroxylation sites is 3. The van der Waals surface area contributed by atoms with Crippen LogP contribution in [0.4, 0.5) is 5.69 Å². The highest BCUT2D eigenvalue weighted by atomic mass is 16.5. The zero-order valence-electron chi connectivity index (χ0n) is 18.4. The molecule has 2 amide bonds. The Balaban J connectivity index is 1.32. The fraction of sp³-hybridized carbons (Fsp3) is 0.333. The van der Waals surface area contributed by atoms with Gasteiger partial charge in [-0.2, -0.15) is 0 Å². The minimum atomic E-state index is -0.592. The average molecular weight is 450 g/mol. The Labute approximate surface area is 190 Å². The smallest absolute Gasteiger partial charge is 0.329 e. The summed E-state index contributed by atoms with van der Waals surface area (Å²) in [7, 11) is 0. The van der Waals surface area contributed by atoms with Gasteiger partial charge in [-0.15, -0.1) is 0 Å². The van der Waals surface area contributed by atoms with Crippen LogP contribution in [0.25, 0.3) is 11.0 Å². The van der Waals surface area contributed by atoms with Crippen LogP contribution < -0.4 is 16.3 Å². The lowest BCUT2D eigenvalue weighted by Crippen LogP contribution is -2.28. The molecule has 0 aliphatic heterocycles. The van der Waals surface area contributed by atoms with Gasteiger partial charge in [-0.25, -0.2) is 4.79 Å². The van der Waals surface area contributed by atoms with E-state index in [-0.39, 0.29) is 30.6 Å². The lowest BCUT2D eigenvalue weighted by Gasteiger charge is -2.11. The van der Waals surface area contributed by atoms with Gasteiger partial charge in [0.15, 0.2) is 6.61 Å². The molecular formula is C24H26N4O5. The number of imidazole rings is 1. The molecule has 1 fully saturated rings. The van der Waals surface area contributed by atoms with Gasteiger partial charge in [0.05, 0.1) is 28.7 Å². The Kier molecular flexibility index (Phi) is 6.58. The number of amides is 2. The molecule has 0 radical (unpaired) electrons. The summed E-state index contributed by atoms with van der Waals surface area (Å²) in [5.41, 5.74) is 2.08. The van der Waals surface area contributed by atoms with Crippen molar-refractivity contribution in [2.45, 2.75) is 45.3 Å². The van der Waals surface area contributed by atoms with E-state index in [2.05, 4.69) is 10.6 Å². The number of carbonyl (C=O) groups is 3. The van der Waals surface area contributed by atoms with Crippen molar-refractivity contribution < 1.29 is 19.1 Å². The lowest BCUT2D eigenvalue weighted by molar-refractivity contribution is -0.147. The summed E-state index contributed by atoms with van der Waals surface area (Å²) < 4.78 is 8.26. The Morgan fingerprint density at radius 1 is 1.00 bits per heavy atom. The van der Waals surface area contributed by atoms with E-state index in [0.29, 0.717) is 17.8 Å². The minimum Gasteiger partial charge on any atom is -0.456 e. The van der Waals surface area contributed by atoms with Gasteiger partial charge in [-0.1, -0.05) is 24.3 Å². The number of aromatic nitrogens is 2. The van der Waals surface area contributed by atoms with Crippen molar-refractivity contribution in [2.75, 3.05) is 11.9 Å². The Bertz CT molecular complexity index is 1260. The van der Waals surface area contributed by atoms with Gasteiger partial charge in [0.25, 0.3) is 11.8 Å². The van der Waals surface area contributed by atoms with Crippen molar-refractivity contribution in [3.05, 3.63) is 64.6 Å². The second-order valence-corrected chi connectivity index (χ2v) is 7.92. The zero-order chi connectivity index (χ0) is 23.4. The number of rotatable bonds is 9. The SMILES string of the molecule is CCn1c(=O)n(CCC(=O)OCC(=O)Nc2ccccc2C(=O)NC2CC2)c2ccccc21. The summed E-state index contributed by atoms with van der Waals surface area (Å²) in [5, 5.41) is 5.51. The van der Waals surface area contributed by atoms with Crippen LogP contribution in [0.3, 0.4) is 0 Å². The Hall–Kier alpha value is -3.88. The second kappa shape index (κ2) is 9.72. The van der Waals surface area contributed by atoms with E-state index < -0.39 is 18.5 Å². The highest BCUT2D eigenvalue weighted by Crippen LogP contribution is 2.21. The Morgan fingerprint density at radius 3 is 2.36 bits per heavy atom. The highest BCUT2D eigenvalue weighted by molar-refractivity contribution is 6.04. The van der Waals surface area contributed by atoms with Crippen molar-refractivity contribution in [1.29, 1.82) is 0 Å². The average Bonchev–Trinajstić information content (AvgIpc) is 3.58. The van der Waals surface area contributed by atoms with E-state index in [1.165, 1.54) is 4.57 Å². The van der Waals surface area contributed by atoms with Crippen LogP contribution in [0.1, 0.15) is 36.5 Å². The third kappa shape index (κ3) is 5.14. The normalized spacial score (nSPS) is 13.0. The van der Waals surface area contributed by atoms with Gasteiger partial charge < -0.3 is 15.4 Å². The van der Waals surface area contributed by atoms with Crippen LogP contribution in [0.15, 0.2) is 53.3 Å². The monoisotopic (exact) mass is 450 g/mol. The van der Waals surface area contributed by atoms with Crippen LogP contribution in [0, 0.1) is 0 Å². The zero-order valence-corrected chi connectivity index (χ0v) is 18.4. The first-order chi connectivity index (χ1) is 16.0. The van der Waals surface area contributed by atoms with E-state index >= 15 is 0 Å². The van der Waals surface area contributed by atoms with Crippen molar-refractivity contribution in [3.63, 3.8) is 0 Å². The molecule has 1 heterocycles. The summed E-state index contributed by atoms with van der Waals surface area (Å²) in [6, 6.07) is 14.3. The number of nitrogens with one attached hydrogen (secondary N) is 2. The first-order valence-corrected chi connectivity index (χ1v) is 11.0. The topological polar surface area (TPSA) is 111 Å². The summed E-state index contributed by atoms with van der Waals surface area (Å²) in [4.78, 5) is 49.5. The first kappa shape index (κ1) is 22.3. The van der Waals surface area contributed by atoms with E-state index in [0.717, 1.165) is 23.9 Å². The molecule has 4 rings (SSSR count). The molecule has 9 heteroatoms. The minimum absolute atomic E-state index is 0.0503. The highest BCUT2D eigenvalue weighted by Gasteiger charge is 2.25. The molecule has 1 aliphatic carbocycles. The number of ether oxygens (including phenoxy) is 1. The van der Waals surface area contributed by atoms with Crippen molar-refractivity contribution in [3.8, 4) is 0 Å². The van der Waals surface area contributed by atoms with Gasteiger partial charge in [0.2, 0.25) is 0 Å². The molecule has 0 unspecified atom stereocenters. The van der Waals surface area contributed by atoms with Gasteiger partial charge in [0, 0.05) is 19.1 Å². The molecule has 0 atom stereocenters. The predicted molar refractivity (Wildman–Crippen MR) is 123 cm³/mol. The largest absolute Gasteiger partial charge is 0.456 e. The van der Waals surface area contributed by atoms with Gasteiger partial charge in [-0.3, -0.25) is 23.5 Å².